The highest BCUT2D eigenvalue weighted by Gasteiger charge is 2.20. The van der Waals surface area contributed by atoms with Crippen LogP contribution in [-0.2, 0) is 14.3 Å². The van der Waals surface area contributed by atoms with E-state index in [0.717, 1.165) is 38.5 Å². The average molecular weight is 1310 g/mol. The number of hydrogen-bond acceptors (Lipinski definition) is 5. The fraction of sp³-hybridized carbons (Fsp3) is 0.977. The number of unbranched alkanes of at least 4 members (excludes halogenated alkanes) is 73. The molecule has 0 aliphatic rings. The van der Waals surface area contributed by atoms with E-state index in [-0.39, 0.29) is 18.5 Å². The molecule has 556 valence electrons. The molecular formula is C87H173NO5. The van der Waals surface area contributed by atoms with Gasteiger partial charge in [-0.3, -0.25) is 9.59 Å². The predicted molar refractivity (Wildman–Crippen MR) is 412 cm³/mol. The van der Waals surface area contributed by atoms with E-state index in [1.165, 1.54) is 449 Å². The van der Waals surface area contributed by atoms with Crippen LogP contribution in [0.4, 0.5) is 0 Å². The molecule has 3 N–H and O–H groups in total. The highest BCUT2D eigenvalue weighted by Crippen LogP contribution is 2.22. The third-order valence-corrected chi connectivity index (χ3v) is 21.2. The van der Waals surface area contributed by atoms with Gasteiger partial charge in [0.05, 0.1) is 25.4 Å². The third kappa shape index (κ3) is 79.7. The van der Waals surface area contributed by atoms with Crippen molar-refractivity contribution in [2.24, 2.45) is 0 Å². The summed E-state index contributed by atoms with van der Waals surface area (Å²) in [5, 5.41) is 23.5. The van der Waals surface area contributed by atoms with Crippen molar-refractivity contribution in [1.82, 2.24) is 5.32 Å². The largest absolute Gasteiger partial charge is 0.466 e. The number of nitrogens with one attached hydrogen (secondary N) is 1. The topological polar surface area (TPSA) is 95.9 Å². The van der Waals surface area contributed by atoms with Gasteiger partial charge < -0.3 is 20.3 Å². The fourth-order valence-corrected chi connectivity index (χ4v) is 14.5. The molecule has 0 aliphatic heterocycles. The maximum atomic E-state index is 12.6. The zero-order valence-corrected chi connectivity index (χ0v) is 64.0. The molecule has 0 fully saturated rings. The lowest BCUT2D eigenvalue weighted by molar-refractivity contribution is -0.143. The standard InChI is InChI=1S/C87H173NO5/c1-3-5-7-9-11-13-15-17-19-21-22-23-24-36-39-42-45-48-51-55-59-63-67-71-75-79-85(90)84(83-89)88-86(91)80-76-72-68-64-60-56-52-49-46-43-40-37-34-32-30-28-26-25-27-29-31-33-35-38-41-44-47-50-54-58-62-66-70-74-78-82-93-87(92)81-77-73-69-65-61-57-53-20-18-16-14-12-10-8-6-4-2/h84-85,89-90H,3-83H2,1-2H3,(H,88,91). The molecule has 1 amide bonds. The van der Waals surface area contributed by atoms with Crippen LogP contribution < -0.4 is 5.32 Å². The molecule has 6 heteroatoms. The maximum Gasteiger partial charge on any atom is 0.305 e. The second kappa shape index (κ2) is 83.3. The molecule has 0 radical (unpaired) electrons. The normalized spacial score (nSPS) is 12.3. The van der Waals surface area contributed by atoms with Crippen LogP contribution in [0.25, 0.3) is 0 Å². The maximum absolute atomic E-state index is 12.6. The monoisotopic (exact) mass is 1310 g/mol. The first-order valence-electron chi connectivity index (χ1n) is 43.8. The molecule has 0 aromatic rings. The Bertz CT molecular complexity index is 1370. The van der Waals surface area contributed by atoms with E-state index >= 15 is 0 Å². The number of amides is 1. The Kier molecular flexibility index (Phi) is 82.3. The van der Waals surface area contributed by atoms with Gasteiger partial charge in [0, 0.05) is 12.8 Å². The molecule has 0 bridgehead atoms. The summed E-state index contributed by atoms with van der Waals surface area (Å²) in [5.41, 5.74) is 0. The molecule has 2 atom stereocenters. The van der Waals surface area contributed by atoms with Crippen molar-refractivity contribution < 1.29 is 24.5 Å². The summed E-state index contributed by atoms with van der Waals surface area (Å²) in [4.78, 5) is 24.7. The Labute approximate surface area is 585 Å². The molecular weight excluding hydrogens is 1140 g/mol. The summed E-state index contributed by atoms with van der Waals surface area (Å²) in [7, 11) is 0. The van der Waals surface area contributed by atoms with Crippen LogP contribution in [0.5, 0.6) is 0 Å². The van der Waals surface area contributed by atoms with Crippen LogP contribution in [0.2, 0.25) is 0 Å². The van der Waals surface area contributed by atoms with Crippen molar-refractivity contribution >= 4 is 11.9 Å². The highest BCUT2D eigenvalue weighted by atomic mass is 16.5. The summed E-state index contributed by atoms with van der Waals surface area (Å²) in [5.74, 6) is 0.00544. The molecule has 0 aromatic carbocycles. The first-order chi connectivity index (χ1) is 46.0. The van der Waals surface area contributed by atoms with E-state index < -0.39 is 12.1 Å². The molecule has 0 spiro atoms. The summed E-state index contributed by atoms with van der Waals surface area (Å²) in [6.07, 6.45) is 105. The van der Waals surface area contributed by atoms with Crippen LogP contribution in [-0.4, -0.2) is 47.4 Å². The SMILES string of the molecule is CCCCCCCCCCCCCCCCCCCCCCCCCCCC(O)C(CO)NC(=O)CCCCCCCCCCCCCCCCCCCCCCCCCCCCCCCCCCCCCOC(=O)CCCCCCCCCCCCCCCCCC. The van der Waals surface area contributed by atoms with Crippen LogP contribution in [0, 0.1) is 0 Å². The minimum absolute atomic E-state index is 0.0224. The van der Waals surface area contributed by atoms with Crippen LogP contribution in [0.1, 0.15) is 521 Å². The van der Waals surface area contributed by atoms with Crippen molar-refractivity contribution in [3.05, 3.63) is 0 Å². The Morgan fingerprint density at radius 1 is 0.258 bits per heavy atom. The van der Waals surface area contributed by atoms with Crippen molar-refractivity contribution in [3.8, 4) is 0 Å². The fourth-order valence-electron chi connectivity index (χ4n) is 14.5. The Hall–Kier alpha value is -1.14. The zero-order chi connectivity index (χ0) is 67.0. The predicted octanol–water partition coefficient (Wildman–Crippen LogP) is 29.2. The average Bonchev–Trinajstić information content (AvgIpc) is 3.70. The highest BCUT2D eigenvalue weighted by molar-refractivity contribution is 5.76. The van der Waals surface area contributed by atoms with Gasteiger partial charge in [-0.15, -0.1) is 0 Å². The molecule has 0 aliphatic carbocycles. The van der Waals surface area contributed by atoms with Gasteiger partial charge in [0.25, 0.3) is 0 Å². The molecule has 0 rings (SSSR count). The number of aliphatic hydroxyl groups excluding tert-OH is 2. The summed E-state index contributed by atoms with van der Waals surface area (Å²) in [6, 6.07) is -0.538. The second-order valence-corrected chi connectivity index (χ2v) is 30.6. The van der Waals surface area contributed by atoms with Gasteiger partial charge in [0.15, 0.2) is 0 Å². The van der Waals surface area contributed by atoms with E-state index in [4.69, 9.17) is 4.74 Å². The number of esters is 1. The molecule has 93 heavy (non-hydrogen) atoms. The van der Waals surface area contributed by atoms with E-state index in [2.05, 4.69) is 19.2 Å². The summed E-state index contributed by atoms with van der Waals surface area (Å²) in [6.45, 7) is 5.03. The van der Waals surface area contributed by atoms with Gasteiger partial charge in [0.2, 0.25) is 5.91 Å². The van der Waals surface area contributed by atoms with E-state index in [0.29, 0.717) is 25.9 Å². The van der Waals surface area contributed by atoms with E-state index in [9.17, 15) is 19.8 Å². The molecule has 6 nitrogen and oxygen atoms in total. The number of aliphatic hydroxyl groups is 2. The molecule has 0 aromatic heterocycles. The smallest absolute Gasteiger partial charge is 0.305 e. The van der Waals surface area contributed by atoms with Crippen molar-refractivity contribution in [3.63, 3.8) is 0 Å². The number of carbonyl (C=O) groups excluding carboxylic acids is 2. The second-order valence-electron chi connectivity index (χ2n) is 30.6. The molecule has 2 unspecified atom stereocenters. The Morgan fingerprint density at radius 2 is 0.441 bits per heavy atom. The van der Waals surface area contributed by atoms with Gasteiger partial charge in [-0.25, -0.2) is 0 Å². The number of hydrogen-bond donors (Lipinski definition) is 3. The minimum Gasteiger partial charge on any atom is -0.466 e. The number of rotatable bonds is 84. The van der Waals surface area contributed by atoms with E-state index in [1.54, 1.807) is 0 Å². The number of carbonyl (C=O) groups is 2. The lowest BCUT2D eigenvalue weighted by atomic mass is 10.0. The zero-order valence-electron chi connectivity index (χ0n) is 64.0. The van der Waals surface area contributed by atoms with Gasteiger partial charge in [-0.2, -0.15) is 0 Å². The quantitative estimate of drug-likeness (QED) is 0.0417. The Morgan fingerprint density at radius 3 is 0.656 bits per heavy atom. The van der Waals surface area contributed by atoms with Gasteiger partial charge in [-0.05, 0) is 25.7 Å². The molecule has 0 saturated carbocycles. The minimum atomic E-state index is -0.661. The third-order valence-electron chi connectivity index (χ3n) is 21.2. The van der Waals surface area contributed by atoms with Crippen molar-refractivity contribution in [2.45, 2.75) is 533 Å². The van der Waals surface area contributed by atoms with Crippen molar-refractivity contribution in [1.29, 1.82) is 0 Å². The lowest BCUT2D eigenvalue weighted by Gasteiger charge is -2.22. The van der Waals surface area contributed by atoms with Gasteiger partial charge in [-0.1, -0.05) is 483 Å². The first-order valence-corrected chi connectivity index (χ1v) is 43.8. The Balaban J connectivity index is 3.30. The van der Waals surface area contributed by atoms with Crippen molar-refractivity contribution in [2.75, 3.05) is 13.2 Å². The van der Waals surface area contributed by atoms with Crippen LogP contribution >= 0.6 is 0 Å². The lowest BCUT2D eigenvalue weighted by Crippen LogP contribution is -2.45. The first kappa shape index (κ1) is 91.9. The summed E-state index contributed by atoms with van der Waals surface area (Å²) < 4.78 is 5.52. The van der Waals surface area contributed by atoms with Crippen LogP contribution in [0.15, 0.2) is 0 Å². The molecule has 0 heterocycles. The van der Waals surface area contributed by atoms with Gasteiger partial charge in [0.1, 0.15) is 0 Å². The molecule has 0 saturated heterocycles. The summed E-state index contributed by atoms with van der Waals surface area (Å²) >= 11 is 0. The van der Waals surface area contributed by atoms with Crippen LogP contribution in [0.3, 0.4) is 0 Å². The number of ether oxygens (including phenoxy) is 1. The van der Waals surface area contributed by atoms with E-state index in [1.807, 2.05) is 0 Å². The van der Waals surface area contributed by atoms with Gasteiger partial charge >= 0.3 is 5.97 Å².